The van der Waals surface area contributed by atoms with Gasteiger partial charge in [0.25, 0.3) is 11.1 Å². The monoisotopic (exact) mass is 426 g/mol. The van der Waals surface area contributed by atoms with Crippen LogP contribution < -0.4 is 10.1 Å². The van der Waals surface area contributed by atoms with Crippen molar-refractivity contribution in [2.45, 2.75) is 0 Å². The molecule has 1 fully saturated rings. The number of rotatable bonds is 7. The molecular weight excluding hydrogens is 407 g/mol. The molecule has 6 nitrogen and oxygen atoms in total. The fourth-order valence-electron chi connectivity index (χ4n) is 2.66. The third-order valence-corrected chi connectivity index (χ3v) is 5.15. The third kappa shape index (κ3) is 5.36. The summed E-state index contributed by atoms with van der Waals surface area (Å²) in [4.78, 5) is 37.7. The number of benzene rings is 2. The van der Waals surface area contributed by atoms with Crippen LogP contribution in [-0.2, 0) is 9.59 Å². The number of methoxy groups -OCH3 is 1. The predicted molar refractivity (Wildman–Crippen MR) is 114 cm³/mol. The molecule has 30 heavy (non-hydrogen) atoms. The van der Waals surface area contributed by atoms with Crippen LogP contribution in [0.4, 0.5) is 9.18 Å². The summed E-state index contributed by atoms with van der Waals surface area (Å²) in [6, 6.07) is 13.2. The van der Waals surface area contributed by atoms with E-state index in [1.54, 1.807) is 37.5 Å². The first-order chi connectivity index (χ1) is 14.5. The van der Waals surface area contributed by atoms with Crippen LogP contribution in [0.25, 0.3) is 12.2 Å². The molecule has 2 aromatic rings. The van der Waals surface area contributed by atoms with Crippen LogP contribution in [0.15, 0.2) is 59.5 Å². The maximum Gasteiger partial charge on any atom is 0.293 e. The Balaban J connectivity index is 1.52. The summed E-state index contributed by atoms with van der Waals surface area (Å²) in [5, 5.41) is 2.18. The maximum absolute atomic E-state index is 13.8. The van der Waals surface area contributed by atoms with E-state index in [-0.39, 0.29) is 29.5 Å². The number of imide groups is 1. The first-order valence-corrected chi connectivity index (χ1v) is 9.89. The predicted octanol–water partition coefficient (Wildman–Crippen LogP) is 3.70. The first-order valence-electron chi connectivity index (χ1n) is 9.08. The molecule has 0 saturated carbocycles. The number of thioether (sulfide) groups is 1. The van der Waals surface area contributed by atoms with Crippen molar-refractivity contribution in [1.29, 1.82) is 0 Å². The molecule has 0 radical (unpaired) electrons. The first kappa shape index (κ1) is 21.3. The summed E-state index contributed by atoms with van der Waals surface area (Å²) in [5.41, 5.74) is 1.06. The minimum absolute atomic E-state index is 0.0292. The molecule has 1 aliphatic rings. The molecule has 0 aliphatic carbocycles. The quantitative estimate of drug-likeness (QED) is 0.684. The van der Waals surface area contributed by atoms with Crippen molar-refractivity contribution < 1.29 is 23.5 Å². The molecule has 8 heteroatoms. The Kier molecular flexibility index (Phi) is 7.03. The maximum atomic E-state index is 13.8. The Morgan fingerprint density at radius 1 is 1.17 bits per heavy atom. The van der Waals surface area contributed by atoms with Gasteiger partial charge in [0.1, 0.15) is 11.6 Å². The second kappa shape index (κ2) is 9.89. The molecule has 1 aliphatic heterocycles. The molecule has 1 saturated heterocycles. The van der Waals surface area contributed by atoms with Gasteiger partial charge in [0, 0.05) is 24.7 Å². The van der Waals surface area contributed by atoms with Crippen LogP contribution in [0, 0.1) is 5.82 Å². The van der Waals surface area contributed by atoms with E-state index in [1.807, 2.05) is 12.1 Å². The zero-order chi connectivity index (χ0) is 21.5. The van der Waals surface area contributed by atoms with Gasteiger partial charge >= 0.3 is 0 Å². The average Bonchev–Trinajstić information content (AvgIpc) is 3.01. The number of hydrogen-bond acceptors (Lipinski definition) is 5. The Bertz CT molecular complexity index is 1020. The standard InChI is InChI=1S/C22H19FN2O4S/c1-29-17-9-6-15(7-10-17)8-11-20(26)24-12-13-25-21(27)19(30-22(25)28)14-16-4-2-3-5-18(16)23/h2-11,14H,12-13H2,1H3,(H,24,26)/b11-8+,19-14-. The van der Waals surface area contributed by atoms with Crippen molar-refractivity contribution in [3.63, 3.8) is 0 Å². The average molecular weight is 426 g/mol. The van der Waals surface area contributed by atoms with Gasteiger partial charge in [-0.1, -0.05) is 30.3 Å². The van der Waals surface area contributed by atoms with Gasteiger partial charge in [-0.05, 0) is 47.7 Å². The molecule has 0 aromatic heterocycles. The zero-order valence-electron chi connectivity index (χ0n) is 16.1. The van der Waals surface area contributed by atoms with E-state index in [2.05, 4.69) is 5.32 Å². The normalized spacial score (nSPS) is 15.3. The molecule has 154 valence electrons. The Hall–Kier alpha value is -3.39. The van der Waals surface area contributed by atoms with Crippen LogP contribution >= 0.6 is 11.8 Å². The van der Waals surface area contributed by atoms with Crippen molar-refractivity contribution in [2.24, 2.45) is 0 Å². The van der Waals surface area contributed by atoms with Crippen molar-refractivity contribution in [3.05, 3.63) is 76.5 Å². The number of nitrogens with zero attached hydrogens (tertiary/aromatic N) is 1. The molecule has 1 heterocycles. The fourth-order valence-corrected chi connectivity index (χ4v) is 3.52. The molecule has 1 N–H and O–H groups in total. The van der Waals surface area contributed by atoms with E-state index < -0.39 is 17.0 Å². The van der Waals surface area contributed by atoms with E-state index in [0.29, 0.717) is 0 Å². The second-order valence-corrected chi connectivity index (χ2v) is 7.25. The van der Waals surface area contributed by atoms with E-state index >= 15 is 0 Å². The molecule has 0 spiro atoms. The van der Waals surface area contributed by atoms with E-state index in [9.17, 15) is 18.8 Å². The van der Waals surface area contributed by atoms with E-state index in [0.717, 1.165) is 28.0 Å². The Morgan fingerprint density at radius 2 is 1.90 bits per heavy atom. The molecular formula is C22H19FN2O4S. The number of nitrogens with one attached hydrogen (secondary N) is 1. The zero-order valence-corrected chi connectivity index (χ0v) is 16.9. The summed E-state index contributed by atoms with van der Waals surface area (Å²) >= 11 is 0.750. The second-order valence-electron chi connectivity index (χ2n) is 6.25. The fraction of sp³-hybridized carbons (Fsp3) is 0.136. The van der Waals surface area contributed by atoms with Crippen molar-refractivity contribution in [2.75, 3.05) is 20.2 Å². The number of halogens is 1. The lowest BCUT2D eigenvalue weighted by atomic mass is 10.2. The van der Waals surface area contributed by atoms with Gasteiger partial charge in [0.2, 0.25) is 5.91 Å². The smallest absolute Gasteiger partial charge is 0.293 e. The van der Waals surface area contributed by atoms with Crippen molar-refractivity contribution in [3.8, 4) is 5.75 Å². The highest BCUT2D eigenvalue weighted by molar-refractivity contribution is 8.18. The summed E-state index contributed by atoms with van der Waals surface area (Å²) < 4.78 is 18.8. The third-order valence-electron chi connectivity index (χ3n) is 4.24. The van der Waals surface area contributed by atoms with Gasteiger partial charge in [0.05, 0.1) is 12.0 Å². The van der Waals surface area contributed by atoms with Crippen molar-refractivity contribution in [1.82, 2.24) is 10.2 Å². The lowest BCUT2D eigenvalue weighted by molar-refractivity contribution is -0.123. The number of amides is 3. The molecule has 3 rings (SSSR count). The SMILES string of the molecule is COc1ccc(/C=C/C(=O)NCCN2C(=O)S/C(=C\c3ccccc3F)C2=O)cc1. The van der Waals surface area contributed by atoms with Gasteiger partial charge in [-0.3, -0.25) is 19.3 Å². The summed E-state index contributed by atoms with van der Waals surface area (Å²) in [7, 11) is 1.57. The van der Waals surface area contributed by atoms with Gasteiger partial charge in [-0.15, -0.1) is 0 Å². The molecule has 2 aromatic carbocycles. The van der Waals surface area contributed by atoms with Gasteiger partial charge in [-0.25, -0.2) is 4.39 Å². The Morgan fingerprint density at radius 3 is 2.60 bits per heavy atom. The van der Waals surface area contributed by atoms with Gasteiger partial charge < -0.3 is 10.1 Å². The highest BCUT2D eigenvalue weighted by atomic mass is 32.2. The number of hydrogen-bond donors (Lipinski definition) is 1. The highest BCUT2D eigenvalue weighted by Crippen LogP contribution is 2.32. The van der Waals surface area contributed by atoms with Crippen LogP contribution in [-0.4, -0.2) is 42.2 Å². The summed E-state index contributed by atoms with van der Waals surface area (Å²) in [6.45, 7) is 0.137. The lowest BCUT2D eigenvalue weighted by Gasteiger charge is -2.12. The van der Waals surface area contributed by atoms with Crippen LogP contribution in [0.2, 0.25) is 0 Å². The van der Waals surface area contributed by atoms with E-state index in [1.165, 1.54) is 24.3 Å². The van der Waals surface area contributed by atoms with Gasteiger partial charge in [0.15, 0.2) is 0 Å². The highest BCUT2D eigenvalue weighted by Gasteiger charge is 2.34. The lowest BCUT2D eigenvalue weighted by Crippen LogP contribution is -2.36. The number of carbonyl (C=O) groups excluding carboxylic acids is 3. The van der Waals surface area contributed by atoms with Crippen LogP contribution in [0.3, 0.4) is 0 Å². The topological polar surface area (TPSA) is 75.7 Å². The number of ether oxygens (including phenoxy) is 1. The van der Waals surface area contributed by atoms with Crippen LogP contribution in [0.5, 0.6) is 5.75 Å². The Labute approximate surface area is 177 Å². The number of carbonyl (C=O) groups is 3. The minimum Gasteiger partial charge on any atom is -0.497 e. The van der Waals surface area contributed by atoms with Crippen LogP contribution in [0.1, 0.15) is 11.1 Å². The molecule has 0 unspecified atom stereocenters. The molecule has 3 amide bonds. The summed E-state index contributed by atoms with van der Waals surface area (Å²) in [6.07, 6.45) is 4.37. The largest absolute Gasteiger partial charge is 0.497 e. The summed E-state index contributed by atoms with van der Waals surface area (Å²) in [5.74, 6) is -0.603. The van der Waals surface area contributed by atoms with Gasteiger partial charge in [-0.2, -0.15) is 0 Å². The van der Waals surface area contributed by atoms with E-state index in [4.69, 9.17) is 4.74 Å². The molecule has 0 atom stereocenters. The molecule has 0 bridgehead atoms. The van der Waals surface area contributed by atoms with Crippen molar-refractivity contribution >= 4 is 41.0 Å². The minimum atomic E-state index is -0.503.